The van der Waals surface area contributed by atoms with Crippen LogP contribution in [0.25, 0.3) is 0 Å². The first-order chi connectivity index (χ1) is 5.17. The lowest BCUT2D eigenvalue weighted by Gasteiger charge is -2.34. The van der Waals surface area contributed by atoms with Gasteiger partial charge in [-0.3, -0.25) is 0 Å². The fourth-order valence-electron chi connectivity index (χ4n) is 1.97. The molecule has 0 unspecified atom stereocenters. The average molecular weight is 152 g/mol. The van der Waals surface area contributed by atoms with Crippen LogP contribution in [0.1, 0.15) is 25.7 Å². The van der Waals surface area contributed by atoms with Crippen LogP contribution in [0, 0.1) is 12.3 Å². The fourth-order valence-corrected chi connectivity index (χ4v) is 1.97. The van der Waals surface area contributed by atoms with Crippen LogP contribution in [0.4, 0.5) is 0 Å². The summed E-state index contributed by atoms with van der Waals surface area (Å²) in [4.78, 5) is 0. The van der Waals surface area contributed by atoms with Gasteiger partial charge in [-0.05, 0) is 31.6 Å². The maximum Gasteiger partial charge on any atom is 0.140 e. The van der Waals surface area contributed by atoms with Crippen molar-refractivity contribution in [3.05, 3.63) is 0 Å². The molecule has 1 nitrogen and oxygen atoms in total. The zero-order chi connectivity index (χ0) is 8.32. The van der Waals surface area contributed by atoms with Gasteiger partial charge in [-0.1, -0.05) is 0 Å². The van der Waals surface area contributed by atoms with Crippen molar-refractivity contribution < 1.29 is 4.48 Å². The normalized spacial score (nSPS) is 20.1. The molecular formula is C10H18N+. The molecule has 1 aliphatic rings. The molecule has 11 heavy (non-hydrogen) atoms. The summed E-state index contributed by atoms with van der Waals surface area (Å²) in [7, 11) is 4.49. The zero-order valence-electron chi connectivity index (χ0n) is 7.64. The van der Waals surface area contributed by atoms with Crippen molar-refractivity contribution in [3.63, 3.8) is 0 Å². The maximum absolute atomic E-state index is 5.32. The minimum Gasteiger partial charge on any atom is -0.316 e. The summed E-state index contributed by atoms with van der Waals surface area (Å²) in [5.74, 6) is 2.76. The van der Waals surface area contributed by atoms with Crippen molar-refractivity contribution in [2.45, 2.75) is 31.7 Å². The first-order valence-electron chi connectivity index (χ1n) is 4.43. The number of quaternary nitrogens is 1. The molecule has 0 radical (unpaired) electrons. The molecular weight excluding hydrogens is 134 g/mol. The highest BCUT2D eigenvalue weighted by molar-refractivity contribution is 4.84. The molecule has 1 saturated carbocycles. The average Bonchev–Trinajstić information content (AvgIpc) is 2.37. The van der Waals surface area contributed by atoms with Gasteiger partial charge in [0.1, 0.15) is 6.54 Å². The van der Waals surface area contributed by atoms with E-state index in [1.807, 2.05) is 0 Å². The molecule has 0 heterocycles. The van der Waals surface area contributed by atoms with Crippen LogP contribution in [0.2, 0.25) is 0 Å². The Morgan fingerprint density at radius 3 is 2.36 bits per heavy atom. The fraction of sp³-hybridized carbons (Fsp3) is 0.800. The van der Waals surface area contributed by atoms with E-state index >= 15 is 0 Å². The second kappa shape index (κ2) is 3.28. The lowest BCUT2D eigenvalue weighted by molar-refractivity contribution is -0.907. The quantitative estimate of drug-likeness (QED) is 0.417. The first-order valence-corrected chi connectivity index (χ1v) is 4.43. The summed E-state index contributed by atoms with van der Waals surface area (Å²) in [6, 6.07) is 0.825. The van der Waals surface area contributed by atoms with Gasteiger partial charge in [-0.15, -0.1) is 6.42 Å². The Balaban J connectivity index is 2.49. The minimum absolute atomic E-state index is 0.825. The Bertz CT molecular complexity index is 158. The number of hydrogen-bond acceptors (Lipinski definition) is 0. The van der Waals surface area contributed by atoms with E-state index in [0.717, 1.165) is 17.1 Å². The molecule has 1 heteroatoms. The third-order valence-corrected chi connectivity index (χ3v) is 2.81. The van der Waals surface area contributed by atoms with Crippen molar-refractivity contribution >= 4 is 0 Å². The number of hydrogen-bond donors (Lipinski definition) is 0. The molecule has 62 valence electrons. The van der Waals surface area contributed by atoms with Crippen LogP contribution in [0.15, 0.2) is 0 Å². The van der Waals surface area contributed by atoms with Gasteiger partial charge in [0.05, 0.1) is 20.1 Å². The van der Waals surface area contributed by atoms with E-state index in [0.29, 0.717) is 0 Å². The predicted molar refractivity (Wildman–Crippen MR) is 48.1 cm³/mol. The third kappa shape index (κ3) is 1.97. The summed E-state index contributed by atoms with van der Waals surface area (Å²) in [6.45, 7) is 0.880. The second-order valence-electron chi connectivity index (χ2n) is 4.08. The van der Waals surface area contributed by atoms with Crippen molar-refractivity contribution in [1.29, 1.82) is 0 Å². The first kappa shape index (κ1) is 8.62. The topological polar surface area (TPSA) is 0 Å². The minimum atomic E-state index is 0.825. The Hall–Kier alpha value is -0.480. The molecule has 0 amide bonds. The maximum atomic E-state index is 5.32. The van der Waals surface area contributed by atoms with Crippen molar-refractivity contribution in [2.24, 2.45) is 0 Å². The summed E-state index contributed by atoms with van der Waals surface area (Å²) in [5.41, 5.74) is 0. The lowest BCUT2D eigenvalue weighted by atomic mass is 10.2. The molecule has 0 aromatic carbocycles. The third-order valence-electron chi connectivity index (χ3n) is 2.81. The van der Waals surface area contributed by atoms with Gasteiger partial charge in [-0.25, -0.2) is 0 Å². The van der Waals surface area contributed by atoms with E-state index < -0.39 is 0 Å². The van der Waals surface area contributed by atoms with Gasteiger partial charge >= 0.3 is 0 Å². The van der Waals surface area contributed by atoms with Gasteiger partial charge in [0.2, 0.25) is 0 Å². The molecule has 1 rings (SSSR count). The largest absolute Gasteiger partial charge is 0.316 e. The molecule has 0 bridgehead atoms. The van der Waals surface area contributed by atoms with Gasteiger partial charge in [0, 0.05) is 0 Å². The van der Waals surface area contributed by atoms with Crippen molar-refractivity contribution in [1.82, 2.24) is 0 Å². The highest BCUT2D eigenvalue weighted by atomic mass is 15.3. The molecule has 0 aliphatic heterocycles. The van der Waals surface area contributed by atoms with E-state index in [1.165, 1.54) is 25.7 Å². The molecule has 0 N–H and O–H groups in total. The Kier molecular flexibility index (Phi) is 2.57. The van der Waals surface area contributed by atoms with E-state index in [1.54, 1.807) is 0 Å². The standard InChI is InChI=1S/C10H18N/c1-4-9-11(2,3)10-7-5-6-8-10/h1,10H,5-9H2,2-3H3/q+1. The smallest absolute Gasteiger partial charge is 0.140 e. The Morgan fingerprint density at radius 1 is 1.36 bits per heavy atom. The lowest BCUT2D eigenvalue weighted by Crippen LogP contribution is -2.47. The van der Waals surface area contributed by atoms with Crippen LogP contribution in [0.3, 0.4) is 0 Å². The molecule has 0 spiro atoms. The molecule has 0 aromatic heterocycles. The van der Waals surface area contributed by atoms with Crippen LogP contribution in [-0.4, -0.2) is 31.2 Å². The van der Waals surface area contributed by atoms with E-state index in [9.17, 15) is 0 Å². The highest BCUT2D eigenvalue weighted by Crippen LogP contribution is 2.25. The van der Waals surface area contributed by atoms with Crippen molar-refractivity contribution in [3.8, 4) is 12.3 Å². The highest BCUT2D eigenvalue weighted by Gasteiger charge is 2.29. The van der Waals surface area contributed by atoms with Crippen LogP contribution < -0.4 is 0 Å². The number of rotatable bonds is 2. The molecule has 0 atom stereocenters. The number of terminal acetylenes is 1. The zero-order valence-corrected chi connectivity index (χ0v) is 7.64. The van der Waals surface area contributed by atoms with E-state index in [-0.39, 0.29) is 0 Å². The molecule has 0 saturated heterocycles. The van der Waals surface area contributed by atoms with Gasteiger partial charge in [0.15, 0.2) is 0 Å². The molecule has 0 aromatic rings. The Morgan fingerprint density at radius 2 is 1.91 bits per heavy atom. The summed E-state index contributed by atoms with van der Waals surface area (Å²) < 4.78 is 1.02. The monoisotopic (exact) mass is 152 g/mol. The Labute approximate surface area is 70.0 Å². The summed E-state index contributed by atoms with van der Waals surface area (Å²) in [6.07, 6.45) is 10.9. The van der Waals surface area contributed by atoms with Gasteiger partial charge in [-0.2, -0.15) is 0 Å². The molecule has 1 fully saturated rings. The summed E-state index contributed by atoms with van der Waals surface area (Å²) >= 11 is 0. The van der Waals surface area contributed by atoms with Gasteiger partial charge in [0.25, 0.3) is 0 Å². The molecule has 1 aliphatic carbocycles. The van der Waals surface area contributed by atoms with E-state index in [2.05, 4.69) is 20.0 Å². The van der Waals surface area contributed by atoms with Crippen molar-refractivity contribution in [2.75, 3.05) is 20.6 Å². The summed E-state index contributed by atoms with van der Waals surface area (Å²) in [5, 5.41) is 0. The van der Waals surface area contributed by atoms with Crippen LogP contribution >= 0.6 is 0 Å². The second-order valence-corrected chi connectivity index (χ2v) is 4.08. The van der Waals surface area contributed by atoms with Crippen LogP contribution in [0.5, 0.6) is 0 Å². The van der Waals surface area contributed by atoms with Gasteiger partial charge < -0.3 is 4.48 Å². The van der Waals surface area contributed by atoms with E-state index in [4.69, 9.17) is 6.42 Å². The SMILES string of the molecule is C#CC[N+](C)(C)C1CCCC1. The van der Waals surface area contributed by atoms with Crippen LogP contribution in [-0.2, 0) is 0 Å². The number of nitrogens with zero attached hydrogens (tertiary/aromatic N) is 1. The predicted octanol–water partition coefficient (Wildman–Crippen LogP) is 1.64.